The van der Waals surface area contributed by atoms with E-state index in [0.29, 0.717) is 5.69 Å². The van der Waals surface area contributed by atoms with Gasteiger partial charge in [0.25, 0.3) is 0 Å². The quantitative estimate of drug-likeness (QED) is 0.214. The van der Waals surface area contributed by atoms with E-state index in [1.54, 1.807) is 6.20 Å². The van der Waals surface area contributed by atoms with Crippen LogP contribution in [-0.4, -0.2) is 35.0 Å². The Hall–Kier alpha value is -4.84. The van der Waals surface area contributed by atoms with Crippen molar-refractivity contribution < 1.29 is 14.3 Å². The molecule has 1 atom stereocenters. The summed E-state index contributed by atoms with van der Waals surface area (Å²) in [6.07, 6.45) is 1.87. The van der Waals surface area contributed by atoms with Crippen molar-refractivity contribution in [2.24, 2.45) is 0 Å². The molecule has 1 heterocycles. The second-order valence-corrected chi connectivity index (χ2v) is 9.38. The number of carbonyl (C=O) groups is 2. The first kappa shape index (κ1) is 25.8. The maximum atomic E-state index is 13.9. The van der Waals surface area contributed by atoms with E-state index in [-0.39, 0.29) is 18.7 Å². The summed E-state index contributed by atoms with van der Waals surface area (Å²) >= 11 is 0. The van der Waals surface area contributed by atoms with Gasteiger partial charge in [-0.1, -0.05) is 103 Å². The molecular formula is C33H29N3O3. The van der Waals surface area contributed by atoms with Gasteiger partial charge >= 0.3 is 5.97 Å². The Morgan fingerprint density at radius 1 is 0.744 bits per heavy atom. The molecule has 0 bridgehead atoms. The highest BCUT2D eigenvalue weighted by molar-refractivity contribution is 5.86. The number of para-hydroxylation sites is 2. The molecule has 0 spiro atoms. The van der Waals surface area contributed by atoms with Gasteiger partial charge in [-0.2, -0.15) is 0 Å². The Morgan fingerprint density at radius 3 is 1.74 bits per heavy atom. The van der Waals surface area contributed by atoms with Crippen LogP contribution in [0.15, 0.2) is 121 Å². The Bertz CT molecular complexity index is 1460. The molecule has 0 saturated carbocycles. The summed E-state index contributed by atoms with van der Waals surface area (Å²) in [5.74, 6) is -0.821. The number of esters is 1. The predicted molar refractivity (Wildman–Crippen MR) is 151 cm³/mol. The largest absolute Gasteiger partial charge is 0.467 e. The Kier molecular flexibility index (Phi) is 7.73. The van der Waals surface area contributed by atoms with Gasteiger partial charge in [0.15, 0.2) is 0 Å². The number of benzene rings is 4. The van der Waals surface area contributed by atoms with Gasteiger partial charge in [-0.25, -0.2) is 9.78 Å². The molecule has 0 aliphatic carbocycles. The third-order valence-electron chi connectivity index (χ3n) is 6.96. The number of fused-ring (bicyclic) bond motifs is 1. The third kappa shape index (κ3) is 5.55. The molecule has 0 aliphatic heterocycles. The van der Waals surface area contributed by atoms with E-state index in [1.807, 2.05) is 115 Å². The molecule has 1 aromatic heterocycles. The molecule has 1 N–H and O–H groups in total. The first-order valence-corrected chi connectivity index (χ1v) is 12.8. The van der Waals surface area contributed by atoms with Crippen molar-refractivity contribution in [1.82, 2.24) is 15.3 Å². The molecule has 4 aromatic carbocycles. The lowest BCUT2D eigenvalue weighted by molar-refractivity contribution is -0.145. The van der Waals surface area contributed by atoms with Crippen LogP contribution in [0.5, 0.6) is 0 Å². The van der Waals surface area contributed by atoms with Crippen LogP contribution in [0, 0.1) is 0 Å². The standard InChI is InChI=1S/C33H29N3O3/c1-39-32(38)30(21-27-23-34-28-19-11-12-20-29(28)35-27)36-31(37)22-33(24-13-5-2-6-14-24,25-15-7-3-8-16-25)26-17-9-4-10-18-26/h2-20,23,30H,21-22H2,1H3,(H,36,37)/t30-/m1/s1. The molecular weight excluding hydrogens is 486 g/mol. The maximum Gasteiger partial charge on any atom is 0.328 e. The minimum absolute atomic E-state index is 0.0853. The van der Waals surface area contributed by atoms with Crippen LogP contribution >= 0.6 is 0 Å². The van der Waals surface area contributed by atoms with Crippen molar-refractivity contribution in [3.63, 3.8) is 0 Å². The van der Waals surface area contributed by atoms with Crippen LogP contribution in [0.2, 0.25) is 0 Å². The van der Waals surface area contributed by atoms with Gasteiger partial charge in [-0.15, -0.1) is 0 Å². The van der Waals surface area contributed by atoms with Crippen molar-refractivity contribution in [2.45, 2.75) is 24.3 Å². The molecule has 194 valence electrons. The van der Waals surface area contributed by atoms with Crippen molar-refractivity contribution in [2.75, 3.05) is 7.11 Å². The van der Waals surface area contributed by atoms with E-state index in [2.05, 4.69) is 15.3 Å². The highest BCUT2D eigenvalue weighted by atomic mass is 16.5. The van der Waals surface area contributed by atoms with Gasteiger partial charge in [0.1, 0.15) is 6.04 Å². The van der Waals surface area contributed by atoms with Gasteiger partial charge in [0, 0.05) is 19.0 Å². The molecule has 0 saturated heterocycles. The highest BCUT2D eigenvalue weighted by Crippen LogP contribution is 2.42. The maximum absolute atomic E-state index is 13.9. The van der Waals surface area contributed by atoms with E-state index in [9.17, 15) is 9.59 Å². The molecule has 0 radical (unpaired) electrons. The van der Waals surface area contributed by atoms with Gasteiger partial charge in [0.2, 0.25) is 5.91 Å². The average molecular weight is 516 g/mol. The Balaban J connectivity index is 1.50. The summed E-state index contributed by atoms with van der Waals surface area (Å²) < 4.78 is 5.06. The summed E-state index contributed by atoms with van der Waals surface area (Å²) in [5, 5.41) is 2.95. The van der Waals surface area contributed by atoms with E-state index in [0.717, 1.165) is 27.7 Å². The number of carbonyl (C=O) groups excluding carboxylic acids is 2. The number of ether oxygens (including phenoxy) is 1. The molecule has 6 heteroatoms. The fourth-order valence-electron chi connectivity index (χ4n) is 5.10. The molecule has 5 rings (SSSR count). The monoisotopic (exact) mass is 515 g/mol. The molecule has 1 amide bonds. The zero-order valence-electron chi connectivity index (χ0n) is 21.7. The van der Waals surface area contributed by atoms with Crippen molar-refractivity contribution in [1.29, 1.82) is 0 Å². The fourth-order valence-corrected chi connectivity index (χ4v) is 5.10. The lowest BCUT2D eigenvalue weighted by atomic mass is 9.67. The van der Waals surface area contributed by atoms with E-state index < -0.39 is 17.4 Å². The van der Waals surface area contributed by atoms with Crippen LogP contribution in [0.25, 0.3) is 11.0 Å². The molecule has 39 heavy (non-hydrogen) atoms. The van der Waals surface area contributed by atoms with E-state index in [1.165, 1.54) is 7.11 Å². The Labute approximate surface area is 227 Å². The normalized spacial score (nSPS) is 12.0. The molecule has 0 unspecified atom stereocenters. The predicted octanol–water partition coefficient (Wildman–Crippen LogP) is 5.25. The lowest BCUT2D eigenvalue weighted by Crippen LogP contribution is -2.46. The van der Waals surface area contributed by atoms with Gasteiger partial charge in [-0.3, -0.25) is 9.78 Å². The first-order chi connectivity index (χ1) is 19.1. The van der Waals surface area contributed by atoms with Crippen molar-refractivity contribution in [3.05, 3.63) is 144 Å². The van der Waals surface area contributed by atoms with Crippen molar-refractivity contribution >= 4 is 22.9 Å². The highest BCUT2D eigenvalue weighted by Gasteiger charge is 2.39. The number of nitrogens with one attached hydrogen (secondary N) is 1. The number of aromatic nitrogens is 2. The molecule has 6 nitrogen and oxygen atoms in total. The number of methoxy groups -OCH3 is 1. The lowest BCUT2D eigenvalue weighted by Gasteiger charge is -2.36. The van der Waals surface area contributed by atoms with E-state index >= 15 is 0 Å². The molecule has 5 aromatic rings. The zero-order valence-corrected chi connectivity index (χ0v) is 21.7. The van der Waals surface area contributed by atoms with Crippen LogP contribution in [0.1, 0.15) is 28.8 Å². The second-order valence-electron chi connectivity index (χ2n) is 9.38. The summed E-state index contributed by atoms with van der Waals surface area (Å²) in [5.41, 5.74) is 4.23. The van der Waals surface area contributed by atoms with Gasteiger partial charge in [0.05, 0.1) is 29.3 Å². The molecule has 0 fully saturated rings. The second kappa shape index (κ2) is 11.7. The van der Waals surface area contributed by atoms with E-state index in [4.69, 9.17) is 4.74 Å². The Morgan fingerprint density at radius 2 is 1.23 bits per heavy atom. The first-order valence-electron chi connectivity index (χ1n) is 12.8. The summed E-state index contributed by atoms with van der Waals surface area (Å²) in [7, 11) is 1.32. The SMILES string of the molecule is COC(=O)[C@@H](Cc1cnc2ccccc2n1)NC(=O)CC(c1ccccc1)(c1ccccc1)c1ccccc1. The minimum Gasteiger partial charge on any atom is -0.467 e. The fraction of sp³-hybridized carbons (Fsp3) is 0.152. The van der Waals surface area contributed by atoms with Gasteiger partial charge < -0.3 is 10.1 Å². The number of amides is 1. The number of hydrogen-bond acceptors (Lipinski definition) is 5. The third-order valence-corrected chi connectivity index (χ3v) is 6.96. The van der Waals surface area contributed by atoms with Crippen molar-refractivity contribution in [3.8, 4) is 0 Å². The topological polar surface area (TPSA) is 81.2 Å². The van der Waals surface area contributed by atoms with Crippen LogP contribution in [0.3, 0.4) is 0 Å². The number of rotatable bonds is 9. The number of hydrogen-bond donors (Lipinski definition) is 1. The van der Waals surface area contributed by atoms with Crippen LogP contribution < -0.4 is 5.32 Å². The molecule has 0 aliphatic rings. The minimum atomic E-state index is -0.919. The summed E-state index contributed by atoms with van der Waals surface area (Å²) in [4.78, 5) is 35.7. The van der Waals surface area contributed by atoms with Crippen LogP contribution in [-0.2, 0) is 26.2 Å². The summed E-state index contributed by atoms with van der Waals surface area (Å²) in [6.45, 7) is 0. The smallest absolute Gasteiger partial charge is 0.328 e. The summed E-state index contributed by atoms with van der Waals surface area (Å²) in [6, 6.07) is 36.6. The zero-order chi connectivity index (χ0) is 27.1. The van der Waals surface area contributed by atoms with Crippen LogP contribution in [0.4, 0.5) is 0 Å². The average Bonchev–Trinajstić information content (AvgIpc) is 3.00. The number of nitrogens with zero attached hydrogens (tertiary/aromatic N) is 2. The van der Waals surface area contributed by atoms with Gasteiger partial charge in [-0.05, 0) is 28.8 Å².